The first kappa shape index (κ1) is 15.2. The molecule has 0 saturated heterocycles. The Morgan fingerprint density at radius 1 is 1.06 bits per heavy atom. The molecule has 18 heavy (non-hydrogen) atoms. The van der Waals surface area contributed by atoms with Crippen molar-refractivity contribution in [2.75, 3.05) is 5.32 Å². The molecule has 0 aliphatic rings. The molecule has 0 fully saturated rings. The molecule has 1 atom stereocenters. The first-order valence-electron chi connectivity index (χ1n) is 6.67. The highest BCUT2D eigenvalue weighted by Gasteiger charge is 2.10. The van der Waals surface area contributed by atoms with Gasteiger partial charge in [0.15, 0.2) is 11.0 Å². The van der Waals surface area contributed by atoms with E-state index in [0.29, 0.717) is 11.2 Å². The number of anilines is 1. The monoisotopic (exact) mass is 269 g/mol. The van der Waals surface area contributed by atoms with Crippen LogP contribution in [0, 0.1) is 19.8 Å². The van der Waals surface area contributed by atoms with E-state index in [-0.39, 0.29) is 0 Å². The largest absolute Gasteiger partial charge is 0.366 e. The molecular formula is C14H24ClN3. The highest BCUT2D eigenvalue weighted by molar-refractivity contribution is 6.30. The number of hydrogen-bond acceptors (Lipinski definition) is 3. The molecule has 0 radical (unpaired) electrons. The van der Waals surface area contributed by atoms with Crippen LogP contribution in [0.5, 0.6) is 0 Å². The quantitative estimate of drug-likeness (QED) is 0.833. The standard InChI is InChI=1S/C14H24ClN3/c1-9(2)7-6-8-10(3)16-14-12(5)11(4)13(15)17-18-14/h9-10H,6-8H2,1-5H3,(H,16,18). The van der Waals surface area contributed by atoms with Crippen LogP contribution in [0.2, 0.25) is 5.15 Å². The van der Waals surface area contributed by atoms with Crippen LogP contribution in [-0.2, 0) is 0 Å². The first-order valence-corrected chi connectivity index (χ1v) is 7.05. The minimum absolute atomic E-state index is 0.414. The molecule has 0 spiro atoms. The second-order valence-electron chi connectivity index (χ2n) is 5.46. The third-order valence-corrected chi connectivity index (χ3v) is 3.63. The molecule has 0 aliphatic heterocycles. The Balaban J connectivity index is 2.54. The van der Waals surface area contributed by atoms with Crippen molar-refractivity contribution < 1.29 is 0 Å². The Bertz CT molecular complexity index is 391. The summed E-state index contributed by atoms with van der Waals surface area (Å²) in [5.74, 6) is 1.63. The van der Waals surface area contributed by atoms with Crippen LogP contribution in [0.25, 0.3) is 0 Å². The van der Waals surface area contributed by atoms with Crippen molar-refractivity contribution in [1.29, 1.82) is 0 Å². The fourth-order valence-electron chi connectivity index (χ4n) is 1.85. The number of halogens is 1. The number of aromatic nitrogens is 2. The Morgan fingerprint density at radius 3 is 2.33 bits per heavy atom. The van der Waals surface area contributed by atoms with Crippen molar-refractivity contribution in [2.24, 2.45) is 5.92 Å². The van der Waals surface area contributed by atoms with E-state index in [1.807, 2.05) is 13.8 Å². The van der Waals surface area contributed by atoms with E-state index in [0.717, 1.165) is 29.3 Å². The Morgan fingerprint density at radius 2 is 1.72 bits per heavy atom. The van der Waals surface area contributed by atoms with Crippen LogP contribution < -0.4 is 5.32 Å². The maximum Gasteiger partial charge on any atom is 0.155 e. The predicted molar refractivity (Wildman–Crippen MR) is 78.3 cm³/mol. The average Bonchev–Trinajstić information content (AvgIpc) is 2.29. The van der Waals surface area contributed by atoms with E-state index in [1.54, 1.807) is 0 Å². The van der Waals surface area contributed by atoms with Gasteiger partial charge in [-0.1, -0.05) is 38.3 Å². The smallest absolute Gasteiger partial charge is 0.155 e. The molecule has 1 N–H and O–H groups in total. The van der Waals surface area contributed by atoms with Gasteiger partial charge in [0.25, 0.3) is 0 Å². The fraction of sp³-hybridized carbons (Fsp3) is 0.714. The van der Waals surface area contributed by atoms with Crippen LogP contribution in [-0.4, -0.2) is 16.2 Å². The summed E-state index contributed by atoms with van der Waals surface area (Å²) in [6.07, 6.45) is 3.67. The Labute approximate surface area is 115 Å². The zero-order chi connectivity index (χ0) is 13.7. The molecule has 0 aromatic carbocycles. The topological polar surface area (TPSA) is 37.8 Å². The molecule has 1 heterocycles. The Hall–Kier alpha value is -0.830. The maximum atomic E-state index is 5.94. The summed E-state index contributed by atoms with van der Waals surface area (Å²) in [5, 5.41) is 12.0. The van der Waals surface area contributed by atoms with Crippen molar-refractivity contribution >= 4 is 17.4 Å². The molecule has 1 unspecified atom stereocenters. The van der Waals surface area contributed by atoms with Gasteiger partial charge in [0, 0.05) is 6.04 Å². The summed E-state index contributed by atoms with van der Waals surface area (Å²) < 4.78 is 0. The number of rotatable bonds is 6. The molecule has 0 saturated carbocycles. The zero-order valence-electron chi connectivity index (χ0n) is 12.0. The second kappa shape index (κ2) is 6.93. The Kier molecular flexibility index (Phi) is 5.86. The lowest BCUT2D eigenvalue weighted by atomic mass is 10.0. The van der Waals surface area contributed by atoms with Gasteiger partial charge in [-0.05, 0) is 44.2 Å². The van der Waals surface area contributed by atoms with Crippen molar-refractivity contribution in [2.45, 2.75) is 59.9 Å². The van der Waals surface area contributed by atoms with Gasteiger partial charge in [0.05, 0.1) is 0 Å². The van der Waals surface area contributed by atoms with E-state index >= 15 is 0 Å². The maximum absolute atomic E-state index is 5.94. The fourth-order valence-corrected chi connectivity index (χ4v) is 2.03. The second-order valence-corrected chi connectivity index (χ2v) is 5.82. The van der Waals surface area contributed by atoms with Crippen LogP contribution >= 0.6 is 11.6 Å². The van der Waals surface area contributed by atoms with Crippen molar-refractivity contribution in [3.63, 3.8) is 0 Å². The minimum Gasteiger partial charge on any atom is -0.366 e. The summed E-state index contributed by atoms with van der Waals surface area (Å²) in [6.45, 7) is 10.7. The SMILES string of the molecule is Cc1c(Cl)nnc(NC(C)CCCC(C)C)c1C. The lowest BCUT2D eigenvalue weighted by Crippen LogP contribution is -2.18. The van der Waals surface area contributed by atoms with E-state index in [2.05, 4.69) is 36.3 Å². The summed E-state index contributed by atoms with van der Waals surface area (Å²) in [5.41, 5.74) is 2.09. The van der Waals surface area contributed by atoms with Crippen LogP contribution in [0.3, 0.4) is 0 Å². The van der Waals surface area contributed by atoms with Gasteiger partial charge in [-0.15, -0.1) is 10.2 Å². The zero-order valence-corrected chi connectivity index (χ0v) is 12.8. The summed E-state index contributed by atoms with van der Waals surface area (Å²) in [6, 6.07) is 0.414. The molecule has 3 nitrogen and oxygen atoms in total. The predicted octanol–water partition coefficient (Wildman–Crippen LogP) is 4.37. The van der Waals surface area contributed by atoms with Gasteiger partial charge in [-0.2, -0.15) is 0 Å². The number of nitrogens with one attached hydrogen (secondary N) is 1. The molecular weight excluding hydrogens is 246 g/mol. The third kappa shape index (κ3) is 4.45. The molecule has 1 aromatic heterocycles. The lowest BCUT2D eigenvalue weighted by Gasteiger charge is -2.17. The molecule has 102 valence electrons. The van der Waals surface area contributed by atoms with Gasteiger partial charge < -0.3 is 5.32 Å². The van der Waals surface area contributed by atoms with Crippen molar-refractivity contribution in [3.8, 4) is 0 Å². The van der Waals surface area contributed by atoms with Crippen molar-refractivity contribution in [1.82, 2.24) is 10.2 Å². The van der Waals surface area contributed by atoms with Gasteiger partial charge >= 0.3 is 0 Å². The van der Waals surface area contributed by atoms with Gasteiger partial charge in [-0.25, -0.2) is 0 Å². The summed E-state index contributed by atoms with van der Waals surface area (Å²) in [7, 11) is 0. The van der Waals surface area contributed by atoms with Gasteiger partial charge in [-0.3, -0.25) is 0 Å². The van der Waals surface area contributed by atoms with Crippen molar-refractivity contribution in [3.05, 3.63) is 16.3 Å². The molecule has 1 rings (SSSR count). The van der Waals surface area contributed by atoms with Crippen LogP contribution in [0.15, 0.2) is 0 Å². The normalized spacial score (nSPS) is 12.8. The minimum atomic E-state index is 0.414. The van der Waals surface area contributed by atoms with E-state index < -0.39 is 0 Å². The average molecular weight is 270 g/mol. The van der Waals surface area contributed by atoms with E-state index in [1.165, 1.54) is 12.8 Å². The molecule has 4 heteroatoms. The first-order chi connectivity index (χ1) is 8.41. The van der Waals surface area contributed by atoms with Gasteiger partial charge in [0.1, 0.15) is 0 Å². The lowest BCUT2D eigenvalue weighted by molar-refractivity contribution is 0.519. The van der Waals surface area contributed by atoms with Crippen LogP contribution in [0.1, 0.15) is 51.2 Å². The number of hydrogen-bond donors (Lipinski definition) is 1. The molecule has 1 aromatic rings. The third-order valence-electron chi connectivity index (χ3n) is 3.27. The highest BCUT2D eigenvalue weighted by Crippen LogP contribution is 2.21. The summed E-state index contributed by atoms with van der Waals surface area (Å²) >= 11 is 5.94. The summed E-state index contributed by atoms with van der Waals surface area (Å²) in [4.78, 5) is 0. The molecule has 0 aliphatic carbocycles. The molecule has 0 amide bonds. The molecule has 0 bridgehead atoms. The van der Waals surface area contributed by atoms with Crippen LogP contribution in [0.4, 0.5) is 5.82 Å². The van der Waals surface area contributed by atoms with E-state index in [4.69, 9.17) is 11.6 Å². The van der Waals surface area contributed by atoms with E-state index in [9.17, 15) is 0 Å². The number of nitrogens with zero attached hydrogens (tertiary/aromatic N) is 2. The van der Waals surface area contributed by atoms with Gasteiger partial charge in [0.2, 0.25) is 0 Å². The highest BCUT2D eigenvalue weighted by atomic mass is 35.5.